The van der Waals surface area contributed by atoms with Crippen LogP contribution in [0.2, 0.25) is 0 Å². The van der Waals surface area contributed by atoms with Crippen LogP contribution in [-0.2, 0) is 4.74 Å². The van der Waals surface area contributed by atoms with Crippen molar-refractivity contribution >= 4 is 27.5 Å². The van der Waals surface area contributed by atoms with Crippen molar-refractivity contribution in [3.8, 4) is 11.3 Å². The maximum absolute atomic E-state index is 6.05. The lowest BCUT2D eigenvalue weighted by atomic mass is 10.1. The number of ether oxygens (including phenoxy) is 1. The van der Waals surface area contributed by atoms with Gasteiger partial charge in [-0.1, -0.05) is 58.4 Å². The quantitative estimate of drug-likeness (QED) is 0.484. The van der Waals surface area contributed by atoms with Crippen LogP contribution < -0.4 is 4.90 Å². The first-order chi connectivity index (χ1) is 13.8. The van der Waals surface area contributed by atoms with Crippen LogP contribution in [0, 0.1) is 0 Å². The van der Waals surface area contributed by atoms with Crippen molar-refractivity contribution in [1.82, 2.24) is 19.6 Å². The Bertz CT molecular complexity index is 1100. The van der Waals surface area contributed by atoms with E-state index in [-0.39, 0.29) is 6.10 Å². The lowest BCUT2D eigenvalue weighted by molar-refractivity contribution is 0.0394. The molecule has 1 aliphatic heterocycles. The first kappa shape index (κ1) is 17.3. The first-order valence-electron chi connectivity index (χ1n) is 9.16. The van der Waals surface area contributed by atoms with Crippen LogP contribution in [-0.4, -0.2) is 39.3 Å². The molecule has 1 atom stereocenters. The molecule has 28 heavy (non-hydrogen) atoms. The minimum Gasteiger partial charge on any atom is -0.370 e. The molecule has 0 bridgehead atoms. The second-order valence-electron chi connectivity index (χ2n) is 6.69. The highest BCUT2D eigenvalue weighted by atomic mass is 79.9. The Balaban J connectivity index is 1.53. The van der Waals surface area contributed by atoms with Gasteiger partial charge < -0.3 is 9.64 Å². The predicted octanol–water partition coefficient (Wildman–Crippen LogP) is 4.13. The fourth-order valence-electron chi connectivity index (χ4n) is 3.52. The third kappa shape index (κ3) is 3.27. The second-order valence-corrected chi connectivity index (χ2v) is 7.61. The number of morpholine rings is 1. The summed E-state index contributed by atoms with van der Waals surface area (Å²) in [7, 11) is 0. The first-order valence-corrected chi connectivity index (χ1v) is 9.95. The molecule has 6 nitrogen and oxygen atoms in total. The van der Waals surface area contributed by atoms with E-state index < -0.39 is 0 Å². The lowest BCUT2D eigenvalue weighted by Crippen LogP contribution is -2.39. The van der Waals surface area contributed by atoms with E-state index >= 15 is 0 Å². The van der Waals surface area contributed by atoms with Gasteiger partial charge in [-0.15, -0.1) is 0 Å². The maximum atomic E-state index is 6.05. The largest absolute Gasteiger partial charge is 0.370 e. The summed E-state index contributed by atoms with van der Waals surface area (Å²) in [6.07, 6.45) is 1.56. The summed E-state index contributed by atoms with van der Waals surface area (Å²) in [6.45, 7) is 2.19. The molecule has 0 amide bonds. The molecule has 0 spiro atoms. The number of anilines is 1. The number of aromatic nitrogens is 4. The highest BCUT2D eigenvalue weighted by molar-refractivity contribution is 9.10. The third-order valence-corrected chi connectivity index (χ3v) is 5.46. The van der Waals surface area contributed by atoms with Gasteiger partial charge in [-0.25, -0.2) is 4.98 Å². The molecule has 0 N–H and O–H groups in total. The minimum absolute atomic E-state index is 0.00811. The van der Waals surface area contributed by atoms with Gasteiger partial charge in [-0.05, 0) is 17.7 Å². The SMILES string of the molecule is Brc1ccc(C2CN(c3cc(-c4ccccc4)nc4ncnn34)CCO2)cc1. The molecule has 2 aromatic heterocycles. The molecule has 1 saturated heterocycles. The minimum atomic E-state index is 0.00811. The summed E-state index contributed by atoms with van der Waals surface area (Å²) < 4.78 is 8.91. The molecule has 0 saturated carbocycles. The molecule has 7 heteroatoms. The number of benzene rings is 2. The van der Waals surface area contributed by atoms with E-state index in [4.69, 9.17) is 4.74 Å². The van der Waals surface area contributed by atoms with E-state index in [0.29, 0.717) is 12.4 Å². The smallest absolute Gasteiger partial charge is 0.254 e. The molecule has 0 aliphatic carbocycles. The fourth-order valence-corrected chi connectivity index (χ4v) is 3.78. The molecule has 3 heterocycles. The van der Waals surface area contributed by atoms with E-state index in [0.717, 1.165) is 34.6 Å². The standard InChI is InChI=1S/C21H18BrN5O/c22-17-8-6-16(7-9-17)19-13-26(10-11-28-19)20-12-18(15-4-2-1-3-5-15)25-21-23-14-24-27(20)21/h1-9,12,14,19H,10-11,13H2. The van der Waals surface area contributed by atoms with Gasteiger partial charge in [0.2, 0.25) is 0 Å². The summed E-state index contributed by atoms with van der Waals surface area (Å²) in [5, 5.41) is 4.39. The van der Waals surface area contributed by atoms with E-state index in [9.17, 15) is 0 Å². The van der Waals surface area contributed by atoms with Crippen LogP contribution >= 0.6 is 15.9 Å². The molecule has 2 aromatic carbocycles. The van der Waals surface area contributed by atoms with Gasteiger partial charge in [-0.3, -0.25) is 0 Å². The van der Waals surface area contributed by atoms with Gasteiger partial charge in [0.25, 0.3) is 5.78 Å². The van der Waals surface area contributed by atoms with Crippen molar-refractivity contribution < 1.29 is 4.74 Å². The summed E-state index contributed by atoms with van der Waals surface area (Å²) in [5.41, 5.74) is 3.12. The fraction of sp³-hybridized carbons (Fsp3) is 0.190. The Morgan fingerprint density at radius 1 is 1.04 bits per heavy atom. The van der Waals surface area contributed by atoms with Crippen molar-refractivity contribution in [2.75, 3.05) is 24.6 Å². The van der Waals surface area contributed by atoms with Crippen LogP contribution in [0.25, 0.3) is 17.0 Å². The third-order valence-electron chi connectivity index (χ3n) is 4.93. The van der Waals surface area contributed by atoms with Crippen molar-refractivity contribution in [2.24, 2.45) is 0 Å². The van der Waals surface area contributed by atoms with Crippen molar-refractivity contribution in [3.05, 3.63) is 77.0 Å². The summed E-state index contributed by atoms with van der Waals surface area (Å²) in [5.74, 6) is 1.58. The molecule has 1 fully saturated rings. The molecular formula is C21H18BrN5O. The predicted molar refractivity (Wildman–Crippen MR) is 111 cm³/mol. The van der Waals surface area contributed by atoms with Gasteiger partial charge in [0.15, 0.2) is 0 Å². The van der Waals surface area contributed by atoms with E-state index in [1.165, 1.54) is 5.56 Å². The lowest BCUT2D eigenvalue weighted by Gasteiger charge is -2.34. The van der Waals surface area contributed by atoms with Crippen molar-refractivity contribution in [2.45, 2.75) is 6.10 Å². The normalized spacial score (nSPS) is 17.2. The molecule has 5 rings (SSSR count). The molecule has 1 unspecified atom stereocenters. The highest BCUT2D eigenvalue weighted by Crippen LogP contribution is 2.29. The number of hydrogen-bond acceptors (Lipinski definition) is 5. The zero-order valence-electron chi connectivity index (χ0n) is 15.1. The van der Waals surface area contributed by atoms with Gasteiger partial charge >= 0.3 is 0 Å². The Morgan fingerprint density at radius 2 is 1.86 bits per heavy atom. The van der Waals surface area contributed by atoms with Gasteiger partial charge in [0.05, 0.1) is 12.3 Å². The van der Waals surface area contributed by atoms with Crippen molar-refractivity contribution in [1.29, 1.82) is 0 Å². The van der Waals surface area contributed by atoms with Crippen LogP contribution in [0.1, 0.15) is 11.7 Å². The Labute approximate surface area is 170 Å². The van der Waals surface area contributed by atoms with Crippen molar-refractivity contribution in [3.63, 3.8) is 0 Å². The van der Waals surface area contributed by atoms with E-state index in [1.807, 2.05) is 30.3 Å². The maximum Gasteiger partial charge on any atom is 0.254 e. The topological polar surface area (TPSA) is 55.6 Å². The Hall–Kier alpha value is -2.77. The van der Waals surface area contributed by atoms with Crippen LogP contribution in [0.4, 0.5) is 5.82 Å². The summed E-state index contributed by atoms with van der Waals surface area (Å²) in [4.78, 5) is 11.3. The van der Waals surface area contributed by atoms with E-state index in [1.54, 1.807) is 10.8 Å². The Kier molecular flexibility index (Phi) is 4.54. The number of nitrogens with zero attached hydrogens (tertiary/aromatic N) is 5. The average Bonchev–Trinajstić information content (AvgIpc) is 3.23. The highest BCUT2D eigenvalue weighted by Gasteiger charge is 2.25. The Morgan fingerprint density at radius 3 is 2.68 bits per heavy atom. The monoisotopic (exact) mass is 435 g/mol. The number of hydrogen-bond donors (Lipinski definition) is 0. The van der Waals surface area contributed by atoms with Crippen LogP contribution in [0.15, 0.2) is 71.5 Å². The summed E-state index contributed by atoms with van der Waals surface area (Å²) in [6, 6.07) is 20.5. The molecule has 4 aromatic rings. The average molecular weight is 436 g/mol. The van der Waals surface area contributed by atoms with Crippen LogP contribution in [0.5, 0.6) is 0 Å². The number of fused-ring (bicyclic) bond motifs is 1. The number of rotatable bonds is 3. The second kappa shape index (κ2) is 7.33. The zero-order chi connectivity index (χ0) is 18.9. The van der Waals surface area contributed by atoms with Gasteiger partial charge in [-0.2, -0.15) is 14.6 Å². The van der Waals surface area contributed by atoms with E-state index in [2.05, 4.69) is 66.2 Å². The van der Waals surface area contributed by atoms with Crippen LogP contribution in [0.3, 0.4) is 0 Å². The molecule has 140 valence electrons. The number of halogens is 1. The molecule has 1 aliphatic rings. The van der Waals surface area contributed by atoms with Gasteiger partial charge in [0.1, 0.15) is 18.2 Å². The zero-order valence-corrected chi connectivity index (χ0v) is 16.7. The molecular weight excluding hydrogens is 418 g/mol. The van der Waals surface area contributed by atoms with Gasteiger partial charge in [0, 0.05) is 29.2 Å². The molecule has 0 radical (unpaired) electrons. The summed E-state index contributed by atoms with van der Waals surface area (Å²) >= 11 is 3.49.